The molecule has 4 rings (SSSR count). The zero-order valence-corrected chi connectivity index (χ0v) is 17.5. The molecule has 3 aliphatic heterocycles. The minimum Gasteiger partial charge on any atom is -0.378 e. The highest BCUT2D eigenvalue weighted by atomic mass is 32.2. The van der Waals surface area contributed by atoms with Gasteiger partial charge in [0.05, 0.1) is 18.1 Å². The summed E-state index contributed by atoms with van der Waals surface area (Å²) in [6.45, 7) is 4.51. The Morgan fingerprint density at radius 3 is 2.38 bits per heavy atom. The summed E-state index contributed by atoms with van der Waals surface area (Å²) in [5.74, 6) is -0.331. The van der Waals surface area contributed by atoms with Crippen molar-refractivity contribution in [2.75, 3.05) is 44.3 Å². The number of nitrogens with zero attached hydrogens (tertiary/aromatic N) is 3. The van der Waals surface area contributed by atoms with Crippen LogP contribution in [0, 0.1) is 0 Å². The number of sulfonamides is 1. The minimum atomic E-state index is -3.56. The Morgan fingerprint density at radius 1 is 1.03 bits per heavy atom. The van der Waals surface area contributed by atoms with E-state index in [0.29, 0.717) is 51.5 Å². The maximum Gasteiger partial charge on any atom is 0.246 e. The highest BCUT2D eigenvalue weighted by Gasteiger charge is 2.40. The van der Waals surface area contributed by atoms with Crippen LogP contribution < -0.4 is 4.90 Å². The van der Waals surface area contributed by atoms with Crippen LogP contribution in [0.3, 0.4) is 0 Å². The SMILES string of the molecule is CC(=O)N1c2ccc(S(=O)(=O)N3CCCCC3)cc2C[C@H]1C(=O)N1CCOCC1. The number of anilines is 1. The van der Waals surface area contributed by atoms with Crippen molar-refractivity contribution >= 4 is 27.5 Å². The summed E-state index contributed by atoms with van der Waals surface area (Å²) in [4.78, 5) is 28.9. The summed E-state index contributed by atoms with van der Waals surface area (Å²) < 4.78 is 32.9. The van der Waals surface area contributed by atoms with E-state index in [1.807, 2.05) is 0 Å². The molecule has 0 aliphatic carbocycles. The van der Waals surface area contributed by atoms with Crippen LogP contribution in [-0.4, -0.2) is 74.9 Å². The molecule has 2 fully saturated rings. The van der Waals surface area contributed by atoms with Gasteiger partial charge in [-0.1, -0.05) is 6.42 Å². The third-order valence-electron chi connectivity index (χ3n) is 5.94. The Morgan fingerprint density at radius 2 is 1.72 bits per heavy atom. The van der Waals surface area contributed by atoms with Crippen molar-refractivity contribution in [1.29, 1.82) is 0 Å². The predicted octanol–water partition coefficient (Wildman–Crippen LogP) is 0.998. The third kappa shape index (κ3) is 3.78. The molecule has 0 spiro atoms. The molecular weight excluding hydrogens is 394 g/mol. The maximum absolute atomic E-state index is 13.1. The van der Waals surface area contributed by atoms with E-state index in [2.05, 4.69) is 0 Å². The van der Waals surface area contributed by atoms with Crippen molar-refractivity contribution in [2.24, 2.45) is 0 Å². The van der Waals surface area contributed by atoms with E-state index in [4.69, 9.17) is 4.74 Å². The number of hydrogen-bond donors (Lipinski definition) is 0. The summed E-state index contributed by atoms with van der Waals surface area (Å²) in [5, 5.41) is 0. The van der Waals surface area contributed by atoms with E-state index >= 15 is 0 Å². The van der Waals surface area contributed by atoms with Crippen LogP contribution in [0.15, 0.2) is 23.1 Å². The molecule has 158 valence electrons. The molecule has 8 nitrogen and oxygen atoms in total. The van der Waals surface area contributed by atoms with Crippen LogP contribution in [0.1, 0.15) is 31.7 Å². The average Bonchev–Trinajstić information content (AvgIpc) is 3.13. The number of carbonyl (C=O) groups excluding carboxylic acids is 2. The first kappa shape index (κ1) is 20.3. The molecule has 29 heavy (non-hydrogen) atoms. The number of piperidine rings is 1. The highest BCUT2D eigenvalue weighted by molar-refractivity contribution is 7.89. The number of rotatable bonds is 3. The average molecular weight is 422 g/mol. The molecule has 2 saturated heterocycles. The topological polar surface area (TPSA) is 87.2 Å². The predicted molar refractivity (Wildman–Crippen MR) is 107 cm³/mol. The van der Waals surface area contributed by atoms with E-state index < -0.39 is 16.1 Å². The summed E-state index contributed by atoms with van der Waals surface area (Å²) in [7, 11) is -3.56. The molecule has 1 atom stereocenters. The van der Waals surface area contributed by atoms with Crippen molar-refractivity contribution in [3.63, 3.8) is 0 Å². The lowest BCUT2D eigenvalue weighted by Crippen LogP contribution is -2.52. The monoisotopic (exact) mass is 421 g/mol. The van der Waals surface area contributed by atoms with Crippen molar-refractivity contribution in [2.45, 2.75) is 43.5 Å². The fourth-order valence-electron chi connectivity index (χ4n) is 4.42. The molecule has 3 heterocycles. The first-order valence-electron chi connectivity index (χ1n) is 10.2. The lowest BCUT2D eigenvalue weighted by atomic mass is 10.1. The van der Waals surface area contributed by atoms with E-state index in [0.717, 1.165) is 24.8 Å². The summed E-state index contributed by atoms with van der Waals surface area (Å²) in [6.07, 6.45) is 3.13. The van der Waals surface area contributed by atoms with E-state index in [1.165, 1.54) is 16.1 Å². The number of hydrogen-bond acceptors (Lipinski definition) is 5. The second-order valence-corrected chi connectivity index (χ2v) is 9.74. The van der Waals surface area contributed by atoms with E-state index in [1.54, 1.807) is 23.1 Å². The molecule has 0 aromatic heterocycles. The van der Waals surface area contributed by atoms with Crippen LogP contribution in [-0.2, 0) is 30.8 Å². The zero-order valence-electron chi connectivity index (χ0n) is 16.7. The molecule has 0 radical (unpaired) electrons. The van der Waals surface area contributed by atoms with Crippen molar-refractivity contribution < 1.29 is 22.7 Å². The van der Waals surface area contributed by atoms with E-state index in [-0.39, 0.29) is 16.7 Å². The lowest BCUT2D eigenvalue weighted by Gasteiger charge is -2.32. The first-order chi connectivity index (χ1) is 13.9. The Labute approximate surface area is 171 Å². The minimum absolute atomic E-state index is 0.111. The molecule has 0 bridgehead atoms. The quantitative estimate of drug-likeness (QED) is 0.727. The Bertz CT molecular complexity index is 905. The molecule has 0 N–H and O–H groups in total. The van der Waals surface area contributed by atoms with Gasteiger partial charge in [-0.15, -0.1) is 0 Å². The van der Waals surface area contributed by atoms with Crippen molar-refractivity contribution in [3.8, 4) is 0 Å². The van der Waals surface area contributed by atoms with Gasteiger partial charge in [-0.25, -0.2) is 8.42 Å². The number of fused-ring (bicyclic) bond motifs is 1. The summed E-state index contributed by atoms with van der Waals surface area (Å²) >= 11 is 0. The summed E-state index contributed by atoms with van der Waals surface area (Å²) in [5.41, 5.74) is 1.35. The van der Waals surface area contributed by atoms with Crippen LogP contribution in [0.4, 0.5) is 5.69 Å². The Balaban J connectivity index is 1.62. The van der Waals surface area contributed by atoms with Crippen LogP contribution in [0.2, 0.25) is 0 Å². The summed E-state index contributed by atoms with van der Waals surface area (Å²) in [6, 6.07) is 4.23. The van der Waals surface area contributed by atoms with Gasteiger partial charge in [-0.05, 0) is 36.6 Å². The first-order valence-corrected chi connectivity index (χ1v) is 11.6. The zero-order chi connectivity index (χ0) is 20.6. The Hall–Kier alpha value is -1.97. The number of benzene rings is 1. The van der Waals surface area contributed by atoms with Gasteiger partial charge in [-0.3, -0.25) is 14.5 Å². The molecular formula is C20H27N3O5S. The van der Waals surface area contributed by atoms with Gasteiger partial charge in [0.2, 0.25) is 21.8 Å². The van der Waals surface area contributed by atoms with Crippen molar-refractivity contribution in [1.82, 2.24) is 9.21 Å². The smallest absolute Gasteiger partial charge is 0.246 e. The molecule has 0 unspecified atom stereocenters. The molecule has 3 aliphatic rings. The molecule has 2 amide bonds. The molecule has 1 aromatic rings. The van der Waals surface area contributed by atoms with Gasteiger partial charge in [0.1, 0.15) is 6.04 Å². The van der Waals surface area contributed by atoms with Crippen LogP contribution >= 0.6 is 0 Å². The number of morpholine rings is 1. The Kier molecular flexibility index (Phi) is 5.63. The molecule has 1 aromatic carbocycles. The van der Waals surface area contributed by atoms with Crippen LogP contribution in [0.25, 0.3) is 0 Å². The largest absolute Gasteiger partial charge is 0.378 e. The fraction of sp³-hybridized carbons (Fsp3) is 0.600. The van der Waals surface area contributed by atoms with E-state index in [9.17, 15) is 18.0 Å². The second kappa shape index (κ2) is 8.04. The lowest BCUT2D eigenvalue weighted by molar-refractivity contribution is -0.137. The normalized spacial score (nSPS) is 23.1. The maximum atomic E-state index is 13.1. The third-order valence-corrected chi connectivity index (χ3v) is 7.83. The van der Waals surface area contributed by atoms with Crippen molar-refractivity contribution in [3.05, 3.63) is 23.8 Å². The van der Waals surface area contributed by atoms with Gasteiger partial charge < -0.3 is 9.64 Å². The van der Waals surface area contributed by atoms with Crippen LogP contribution in [0.5, 0.6) is 0 Å². The second-order valence-electron chi connectivity index (χ2n) is 7.80. The number of amides is 2. The van der Waals surface area contributed by atoms with Gasteiger partial charge in [0, 0.05) is 45.2 Å². The van der Waals surface area contributed by atoms with Gasteiger partial charge >= 0.3 is 0 Å². The van der Waals surface area contributed by atoms with Gasteiger partial charge in [0.25, 0.3) is 0 Å². The molecule has 9 heteroatoms. The number of ether oxygens (including phenoxy) is 1. The fourth-order valence-corrected chi connectivity index (χ4v) is 5.99. The molecule has 0 saturated carbocycles. The van der Waals surface area contributed by atoms with Gasteiger partial charge in [0.15, 0.2) is 0 Å². The number of carbonyl (C=O) groups is 2. The van der Waals surface area contributed by atoms with Gasteiger partial charge in [-0.2, -0.15) is 4.31 Å². The standard InChI is InChI=1S/C20H27N3O5S/c1-15(24)23-18-6-5-17(29(26,27)22-7-3-2-4-8-22)13-16(18)14-19(23)20(25)21-9-11-28-12-10-21/h5-6,13,19H,2-4,7-12,14H2,1H3/t19-/m0/s1. The highest BCUT2D eigenvalue weighted by Crippen LogP contribution is 2.36.